The number of piperidine rings is 1. The molecule has 31 heavy (non-hydrogen) atoms. The number of likely N-dealkylation sites (tertiary alicyclic amines) is 1. The van der Waals surface area contributed by atoms with Gasteiger partial charge in [-0.3, -0.25) is 9.69 Å². The van der Waals surface area contributed by atoms with Gasteiger partial charge in [-0.25, -0.2) is 4.79 Å². The number of hydrogen-bond acceptors (Lipinski definition) is 5. The number of benzene rings is 2. The van der Waals surface area contributed by atoms with Crippen LogP contribution in [0.4, 0.5) is 10.5 Å². The first-order chi connectivity index (χ1) is 15.2. The number of carbonyl (C=O) groups is 2. The lowest BCUT2D eigenvalue weighted by Crippen LogP contribution is -2.51. The molecule has 2 heterocycles. The Bertz CT molecular complexity index is 884. The number of rotatable bonds is 6. The van der Waals surface area contributed by atoms with Crippen LogP contribution in [0.5, 0.6) is 11.5 Å². The SMILES string of the molecule is O=C(CN1CCC(NC(=O)NC[C@H]2COc3ccccc3O2)CC1)Nc1ccccc1. The minimum atomic E-state index is -0.217. The fourth-order valence-electron chi connectivity index (χ4n) is 3.77. The highest BCUT2D eigenvalue weighted by Gasteiger charge is 2.24. The van der Waals surface area contributed by atoms with Gasteiger partial charge in [0.05, 0.1) is 13.1 Å². The van der Waals surface area contributed by atoms with Crippen LogP contribution in [-0.4, -0.2) is 61.8 Å². The molecule has 1 fully saturated rings. The van der Waals surface area contributed by atoms with Crippen molar-refractivity contribution >= 4 is 17.6 Å². The van der Waals surface area contributed by atoms with Gasteiger partial charge in [0.25, 0.3) is 0 Å². The smallest absolute Gasteiger partial charge is 0.315 e. The van der Waals surface area contributed by atoms with E-state index in [1.807, 2.05) is 54.6 Å². The van der Waals surface area contributed by atoms with Crippen LogP contribution in [0.2, 0.25) is 0 Å². The Morgan fingerprint density at radius 2 is 1.68 bits per heavy atom. The number of fused-ring (bicyclic) bond motifs is 1. The number of carbonyl (C=O) groups excluding carboxylic acids is 2. The monoisotopic (exact) mass is 424 g/mol. The van der Waals surface area contributed by atoms with Crippen molar-refractivity contribution in [3.8, 4) is 11.5 Å². The third-order valence-electron chi connectivity index (χ3n) is 5.41. The Morgan fingerprint density at radius 3 is 2.45 bits per heavy atom. The predicted molar refractivity (Wildman–Crippen MR) is 117 cm³/mol. The van der Waals surface area contributed by atoms with Gasteiger partial charge in [-0.15, -0.1) is 0 Å². The molecule has 2 aromatic rings. The van der Waals surface area contributed by atoms with E-state index in [1.54, 1.807) is 0 Å². The summed E-state index contributed by atoms with van der Waals surface area (Å²) in [4.78, 5) is 26.6. The Kier molecular flexibility index (Phi) is 6.89. The van der Waals surface area contributed by atoms with Gasteiger partial charge in [0.2, 0.25) is 5.91 Å². The molecule has 0 aromatic heterocycles. The van der Waals surface area contributed by atoms with Crippen molar-refractivity contribution in [2.45, 2.75) is 25.0 Å². The summed E-state index contributed by atoms with van der Waals surface area (Å²) in [5.74, 6) is 1.41. The van der Waals surface area contributed by atoms with Crippen LogP contribution in [0.1, 0.15) is 12.8 Å². The van der Waals surface area contributed by atoms with E-state index in [-0.39, 0.29) is 24.1 Å². The van der Waals surface area contributed by atoms with Crippen LogP contribution in [0.15, 0.2) is 54.6 Å². The van der Waals surface area contributed by atoms with E-state index in [0.29, 0.717) is 25.4 Å². The minimum absolute atomic E-state index is 0.0216. The number of anilines is 1. The molecular weight excluding hydrogens is 396 g/mol. The molecule has 0 spiro atoms. The Balaban J connectivity index is 1.12. The molecule has 2 aliphatic heterocycles. The van der Waals surface area contributed by atoms with Crippen LogP contribution in [0.3, 0.4) is 0 Å². The van der Waals surface area contributed by atoms with Crippen molar-refractivity contribution in [1.29, 1.82) is 0 Å². The zero-order valence-electron chi connectivity index (χ0n) is 17.4. The molecule has 3 N–H and O–H groups in total. The molecule has 2 aliphatic rings. The number of nitrogens with zero attached hydrogens (tertiary/aromatic N) is 1. The number of para-hydroxylation sites is 3. The molecule has 0 radical (unpaired) electrons. The molecule has 0 aliphatic carbocycles. The van der Waals surface area contributed by atoms with Crippen molar-refractivity contribution in [3.63, 3.8) is 0 Å². The summed E-state index contributed by atoms with van der Waals surface area (Å²) in [6.45, 7) is 2.67. The number of hydrogen-bond donors (Lipinski definition) is 3. The van der Waals surface area contributed by atoms with Gasteiger partial charge < -0.3 is 25.4 Å². The lowest BCUT2D eigenvalue weighted by Gasteiger charge is -2.32. The van der Waals surface area contributed by atoms with Gasteiger partial charge in [0.15, 0.2) is 17.6 Å². The van der Waals surface area contributed by atoms with Crippen molar-refractivity contribution in [3.05, 3.63) is 54.6 Å². The lowest BCUT2D eigenvalue weighted by atomic mass is 10.1. The quantitative estimate of drug-likeness (QED) is 0.662. The van der Waals surface area contributed by atoms with Crippen molar-refractivity contribution < 1.29 is 19.1 Å². The van der Waals surface area contributed by atoms with E-state index in [2.05, 4.69) is 20.9 Å². The van der Waals surface area contributed by atoms with Gasteiger partial charge in [-0.05, 0) is 37.1 Å². The maximum absolute atomic E-state index is 12.3. The molecule has 8 heteroatoms. The minimum Gasteiger partial charge on any atom is -0.486 e. The Hall–Kier alpha value is -3.26. The normalized spacial score (nSPS) is 18.8. The van der Waals surface area contributed by atoms with Crippen LogP contribution in [-0.2, 0) is 4.79 Å². The van der Waals surface area contributed by atoms with E-state index < -0.39 is 0 Å². The van der Waals surface area contributed by atoms with E-state index in [9.17, 15) is 9.59 Å². The van der Waals surface area contributed by atoms with Gasteiger partial charge in [-0.1, -0.05) is 30.3 Å². The van der Waals surface area contributed by atoms with Gasteiger partial charge in [-0.2, -0.15) is 0 Å². The van der Waals surface area contributed by atoms with E-state index in [1.165, 1.54) is 0 Å². The number of urea groups is 1. The Labute approximate surface area is 181 Å². The highest BCUT2D eigenvalue weighted by Crippen LogP contribution is 2.30. The topological polar surface area (TPSA) is 91.9 Å². The molecule has 1 saturated heterocycles. The number of ether oxygens (including phenoxy) is 2. The maximum atomic E-state index is 12.3. The van der Waals surface area contributed by atoms with Gasteiger partial charge >= 0.3 is 6.03 Å². The van der Waals surface area contributed by atoms with E-state index in [4.69, 9.17) is 9.47 Å². The first-order valence-corrected chi connectivity index (χ1v) is 10.7. The number of nitrogens with one attached hydrogen (secondary N) is 3. The maximum Gasteiger partial charge on any atom is 0.315 e. The summed E-state index contributed by atoms with van der Waals surface area (Å²) < 4.78 is 11.5. The fraction of sp³-hybridized carbons (Fsp3) is 0.391. The zero-order chi connectivity index (χ0) is 21.5. The summed E-state index contributed by atoms with van der Waals surface area (Å²) in [7, 11) is 0. The lowest BCUT2D eigenvalue weighted by molar-refractivity contribution is -0.117. The van der Waals surface area contributed by atoms with Gasteiger partial charge in [0, 0.05) is 24.8 Å². The highest BCUT2D eigenvalue weighted by atomic mass is 16.6. The van der Waals surface area contributed by atoms with Crippen LogP contribution >= 0.6 is 0 Å². The second kappa shape index (κ2) is 10.2. The van der Waals surface area contributed by atoms with E-state index >= 15 is 0 Å². The molecule has 0 bridgehead atoms. The largest absolute Gasteiger partial charge is 0.486 e. The molecule has 0 unspecified atom stereocenters. The number of amides is 3. The molecule has 0 saturated carbocycles. The molecule has 3 amide bonds. The fourth-order valence-corrected chi connectivity index (χ4v) is 3.77. The molecular formula is C23H28N4O4. The first-order valence-electron chi connectivity index (χ1n) is 10.7. The standard InChI is InChI=1S/C23H28N4O4/c28-22(25-17-6-2-1-3-7-17)15-27-12-10-18(11-13-27)26-23(29)24-14-19-16-30-20-8-4-5-9-21(20)31-19/h1-9,18-19H,10-16H2,(H,25,28)(H2,24,26,29)/t19-/m0/s1. The third-order valence-corrected chi connectivity index (χ3v) is 5.41. The van der Waals surface area contributed by atoms with Crippen molar-refractivity contribution in [2.24, 2.45) is 0 Å². The highest BCUT2D eigenvalue weighted by molar-refractivity contribution is 5.92. The van der Waals surface area contributed by atoms with Crippen molar-refractivity contribution in [1.82, 2.24) is 15.5 Å². The Morgan fingerprint density at radius 1 is 0.968 bits per heavy atom. The molecule has 1 atom stereocenters. The molecule has 4 rings (SSSR count). The molecule has 8 nitrogen and oxygen atoms in total. The average Bonchev–Trinajstić information content (AvgIpc) is 2.79. The summed E-state index contributed by atoms with van der Waals surface area (Å²) in [5.41, 5.74) is 0.802. The summed E-state index contributed by atoms with van der Waals surface area (Å²) >= 11 is 0. The zero-order valence-corrected chi connectivity index (χ0v) is 17.4. The average molecular weight is 425 g/mol. The van der Waals surface area contributed by atoms with Crippen LogP contribution < -0.4 is 25.4 Å². The van der Waals surface area contributed by atoms with E-state index in [0.717, 1.165) is 37.4 Å². The van der Waals surface area contributed by atoms with Crippen LogP contribution in [0.25, 0.3) is 0 Å². The predicted octanol–water partition coefficient (Wildman–Crippen LogP) is 2.23. The first kappa shape index (κ1) is 21.0. The summed E-state index contributed by atoms with van der Waals surface area (Å²) in [6.07, 6.45) is 1.40. The van der Waals surface area contributed by atoms with Gasteiger partial charge in [0.1, 0.15) is 6.61 Å². The summed E-state index contributed by atoms with van der Waals surface area (Å²) in [6, 6.07) is 16.8. The molecule has 2 aromatic carbocycles. The summed E-state index contributed by atoms with van der Waals surface area (Å²) in [5, 5.41) is 8.79. The van der Waals surface area contributed by atoms with Crippen molar-refractivity contribution in [2.75, 3.05) is 38.1 Å². The second-order valence-electron chi connectivity index (χ2n) is 7.82. The molecule has 164 valence electrons. The third kappa shape index (κ3) is 6.11. The second-order valence-corrected chi connectivity index (χ2v) is 7.82. The van der Waals surface area contributed by atoms with Crippen LogP contribution in [0, 0.1) is 0 Å².